The number of hydrogen-bond acceptors (Lipinski definition) is 7. The van der Waals surface area contributed by atoms with E-state index in [1.54, 1.807) is 37.3 Å². The van der Waals surface area contributed by atoms with Crippen LogP contribution in [-0.2, 0) is 9.59 Å². The molecular weight excluding hydrogens is 472 g/mol. The zero-order valence-corrected chi connectivity index (χ0v) is 22.6. The Labute approximate surface area is 219 Å². The Morgan fingerprint density at radius 3 is 2.43 bits per heavy atom. The molecule has 0 aliphatic carbocycles. The summed E-state index contributed by atoms with van der Waals surface area (Å²) in [5.41, 5.74) is 1.82. The number of carbonyl (C=O) groups is 2. The second-order valence-corrected chi connectivity index (χ2v) is 9.99. The molecule has 0 spiro atoms. The molecule has 0 aromatic heterocycles. The highest BCUT2D eigenvalue weighted by atomic mass is 16.5. The number of amides is 1. The quantitative estimate of drug-likeness (QED) is 0.261. The van der Waals surface area contributed by atoms with Gasteiger partial charge < -0.3 is 29.5 Å². The Morgan fingerprint density at radius 1 is 1.08 bits per heavy atom. The van der Waals surface area contributed by atoms with Crippen molar-refractivity contribution in [3.63, 3.8) is 0 Å². The zero-order chi connectivity index (χ0) is 27.3. The first-order valence-corrected chi connectivity index (χ1v) is 12.7. The van der Waals surface area contributed by atoms with Crippen LogP contribution < -0.4 is 9.47 Å². The van der Waals surface area contributed by atoms with E-state index in [0.717, 1.165) is 12.1 Å². The number of carbonyl (C=O) groups excluding carboxylic acids is 2. The molecular formula is C29H38N2O6. The number of benzene rings is 2. The molecule has 1 heterocycles. The summed E-state index contributed by atoms with van der Waals surface area (Å²) in [6, 6.07) is 9.14. The summed E-state index contributed by atoms with van der Waals surface area (Å²) < 4.78 is 11.4. The number of aliphatic hydroxyl groups is 1. The van der Waals surface area contributed by atoms with Crippen LogP contribution in [0.2, 0.25) is 0 Å². The monoisotopic (exact) mass is 510 g/mol. The summed E-state index contributed by atoms with van der Waals surface area (Å²) in [6.07, 6.45) is 0.647. The number of phenolic OH excluding ortho intramolecular Hbond substituents is 1. The van der Waals surface area contributed by atoms with Crippen molar-refractivity contribution < 1.29 is 29.3 Å². The Hall–Kier alpha value is -3.52. The van der Waals surface area contributed by atoms with E-state index in [2.05, 4.69) is 13.8 Å². The molecule has 2 N–H and O–H groups in total. The predicted molar refractivity (Wildman–Crippen MR) is 143 cm³/mol. The first kappa shape index (κ1) is 28.1. The van der Waals surface area contributed by atoms with Crippen molar-refractivity contribution in [2.24, 2.45) is 5.92 Å². The van der Waals surface area contributed by atoms with Crippen molar-refractivity contribution >= 4 is 17.4 Å². The number of aryl methyl sites for hydroxylation is 1. The number of Topliss-reactive ketones (excluding diaryl/α,β-unsaturated/α-hetero) is 1. The smallest absolute Gasteiger partial charge is 0.295 e. The lowest BCUT2D eigenvalue weighted by atomic mass is 9.94. The summed E-state index contributed by atoms with van der Waals surface area (Å²) >= 11 is 0. The summed E-state index contributed by atoms with van der Waals surface area (Å²) in [6.45, 7) is 9.76. The molecule has 1 aliphatic rings. The molecule has 0 radical (unpaired) electrons. The van der Waals surface area contributed by atoms with Gasteiger partial charge in [0.1, 0.15) is 11.5 Å². The number of ether oxygens (including phenoxy) is 2. The molecule has 1 aliphatic heterocycles. The number of ketones is 1. The molecule has 8 heteroatoms. The number of phenols is 1. The average Bonchev–Trinajstić information content (AvgIpc) is 3.09. The van der Waals surface area contributed by atoms with Gasteiger partial charge in [-0.25, -0.2) is 0 Å². The van der Waals surface area contributed by atoms with Crippen LogP contribution in [0.4, 0.5) is 0 Å². The maximum Gasteiger partial charge on any atom is 0.295 e. The molecule has 1 saturated heterocycles. The molecule has 2 aromatic rings. The molecule has 37 heavy (non-hydrogen) atoms. The molecule has 8 nitrogen and oxygen atoms in total. The third-order valence-corrected chi connectivity index (χ3v) is 6.16. The lowest BCUT2D eigenvalue weighted by molar-refractivity contribution is -0.139. The minimum absolute atomic E-state index is 0.0123. The van der Waals surface area contributed by atoms with Gasteiger partial charge in [-0.1, -0.05) is 19.9 Å². The second kappa shape index (κ2) is 12.1. The first-order valence-electron chi connectivity index (χ1n) is 12.7. The maximum absolute atomic E-state index is 13.3. The van der Waals surface area contributed by atoms with Gasteiger partial charge in [-0.05, 0) is 88.3 Å². The molecule has 2 aromatic carbocycles. The molecule has 0 unspecified atom stereocenters. The van der Waals surface area contributed by atoms with E-state index in [0.29, 0.717) is 49.0 Å². The van der Waals surface area contributed by atoms with Gasteiger partial charge in [-0.2, -0.15) is 0 Å². The predicted octanol–water partition coefficient (Wildman–Crippen LogP) is 4.51. The minimum atomic E-state index is -0.820. The van der Waals surface area contributed by atoms with Gasteiger partial charge in [0.05, 0.1) is 24.8 Å². The molecule has 3 rings (SSSR count). The Balaban J connectivity index is 2.09. The van der Waals surface area contributed by atoms with E-state index in [9.17, 15) is 19.8 Å². The van der Waals surface area contributed by atoms with Crippen molar-refractivity contribution in [3.8, 4) is 17.2 Å². The van der Waals surface area contributed by atoms with E-state index < -0.39 is 17.7 Å². The fourth-order valence-corrected chi connectivity index (χ4v) is 4.36. The normalized spacial score (nSPS) is 17.2. The van der Waals surface area contributed by atoms with Gasteiger partial charge in [-0.3, -0.25) is 9.59 Å². The largest absolute Gasteiger partial charge is 0.507 e. The van der Waals surface area contributed by atoms with Crippen molar-refractivity contribution in [1.29, 1.82) is 0 Å². The number of nitrogens with zero attached hydrogens (tertiary/aromatic N) is 2. The van der Waals surface area contributed by atoms with E-state index in [4.69, 9.17) is 9.47 Å². The number of rotatable bonds is 11. The lowest BCUT2D eigenvalue weighted by Crippen LogP contribution is -2.32. The Bertz CT molecular complexity index is 1170. The fraction of sp³-hybridized carbons (Fsp3) is 0.448. The van der Waals surface area contributed by atoms with Gasteiger partial charge >= 0.3 is 0 Å². The fourth-order valence-electron chi connectivity index (χ4n) is 4.36. The van der Waals surface area contributed by atoms with Crippen LogP contribution >= 0.6 is 0 Å². The van der Waals surface area contributed by atoms with E-state index in [-0.39, 0.29) is 22.8 Å². The maximum atomic E-state index is 13.3. The summed E-state index contributed by atoms with van der Waals surface area (Å²) in [7, 11) is 3.88. The van der Waals surface area contributed by atoms with Crippen molar-refractivity contribution in [3.05, 3.63) is 58.7 Å². The van der Waals surface area contributed by atoms with Gasteiger partial charge in [0, 0.05) is 12.1 Å². The number of hydrogen-bond donors (Lipinski definition) is 2. The van der Waals surface area contributed by atoms with E-state index in [1.807, 2.05) is 25.9 Å². The van der Waals surface area contributed by atoms with Crippen LogP contribution in [0.1, 0.15) is 49.9 Å². The van der Waals surface area contributed by atoms with Crippen LogP contribution in [0.3, 0.4) is 0 Å². The SMILES string of the molecule is CCOc1cc([C@H]2C(=C(O)c3ccc(OCC(C)C)c(C)c3)C(=O)C(=O)N2CCCN(C)C)ccc1O. The molecule has 0 bridgehead atoms. The van der Waals surface area contributed by atoms with Gasteiger partial charge in [0.2, 0.25) is 0 Å². The molecule has 1 fully saturated rings. The summed E-state index contributed by atoms with van der Waals surface area (Å²) in [5, 5.41) is 21.6. The van der Waals surface area contributed by atoms with Crippen molar-refractivity contribution in [2.45, 2.75) is 40.2 Å². The topological polar surface area (TPSA) is 99.5 Å². The first-order chi connectivity index (χ1) is 17.5. The number of likely N-dealkylation sites (tertiary alicyclic amines) is 1. The van der Waals surface area contributed by atoms with Crippen LogP contribution in [-0.4, -0.2) is 72.1 Å². The van der Waals surface area contributed by atoms with Gasteiger partial charge in [-0.15, -0.1) is 0 Å². The molecule has 200 valence electrons. The second-order valence-electron chi connectivity index (χ2n) is 9.99. The van der Waals surface area contributed by atoms with Gasteiger partial charge in [0.15, 0.2) is 11.5 Å². The van der Waals surface area contributed by atoms with Crippen molar-refractivity contribution in [1.82, 2.24) is 9.80 Å². The summed E-state index contributed by atoms with van der Waals surface area (Å²) in [5.74, 6) is -0.373. The highest BCUT2D eigenvalue weighted by Gasteiger charge is 2.46. The van der Waals surface area contributed by atoms with Crippen LogP contribution in [0.15, 0.2) is 42.0 Å². The van der Waals surface area contributed by atoms with Crippen LogP contribution in [0.25, 0.3) is 5.76 Å². The number of aliphatic hydroxyl groups excluding tert-OH is 1. The van der Waals surface area contributed by atoms with Crippen molar-refractivity contribution in [2.75, 3.05) is 40.4 Å². The molecule has 1 atom stereocenters. The molecule has 1 amide bonds. The standard InChI is InChI=1S/C29H38N2O6/c1-7-36-24-16-20(9-11-22(24)32)26-25(28(34)29(35)31(26)14-8-13-30(5)6)27(33)21-10-12-23(19(4)15-21)37-17-18(2)3/h9-12,15-16,18,26,32-33H,7-8,13-14,17H2,1-6H3/t26-/m0/s1. The highest BCUT2D eigenvalue weighted by molar-refractivity contribution is 6.46. The van der Waals surface area contributed by atoms with Crippen LogP contribution in [0.5, 0.6) is 17.2 Å². The third kappa shape index (κ3) is 6.43. The highest BCUT2D eigenvalue weighted by Crippen LogP contribution is 2.42. The summed E-state index contributed by atoms with van der Waals surface area (Å²) in [4.78, 5) is 30.0. The zero-order valence-electron chi connectivity index (χ0n) is 22.6. The van der Waals surface area contributed by atoms with E-state index >= 15 is 0 Å². The minimum Gasteiger partial charge on any atom is -0.507 e. The van der Waals surface area contributed by atoms with Gasteiger partial charge in [0.25, 0.3) is 11.7 Å². The van der Waals surface area contributed by atoms with Crippen LogP contribution in [0, 0.1) is 12.8 Å². The average molecular weight is 511 g/mol. The van der Waals surface area contributed by atoms with E-state index in [1.165, 1.54) is 11.0 Å². The lowest BCUT2D eigenvalue weighted by Gasteiger charge is -2.26. The Morgan fingerprint density at radius 2 is 1.81 bits per heavy atom. The number of aromatic hydroxyl groups is 1. The Kier molecular flexibility index (Phi) is 9.21. The molecule has 0 saturated carbocycles. The third-order valence-electron chi connectivity index (χ3n) is 6.16.